The van der Waals surface area contributed by atoms with Gasteiger partial charge < -0.3 is 5.32 Å². The Hall–Kier alpha value is -0.650. The minimum atomic E-state index is -3.51. The van der Waals surface area contributed by atoms with E-state index in [-0.39, 0.29) is 16.0 Å². The van der Waals surface area contributed by atoms with Gasteiger partial charge in [-0.25, -0.2) is 12.8 Å². The van der Waals surface area contributed by atoms with Crippen molar-refractivity contribution in [1.82, 2.24) is 5.32 Å². The summed E-state index contributed by atoms with van der Waals surface area (Å²) in [6, 6.07) is 3.54. The topological polar surface area (TPSA) is 46.2 Å². The lowest BCUT2D eigenvalue weighted by atomic mass is 9.87. The highest BCUT2D eigenvalue weighted by molar-refractivity contribution is 7.92. The Morgan fingerprint density at radius 1 is 1.35 bits per heavy atom. The van der Waals surface area contributed by atoms with Gasteiger partial charge in [0.2, 0.25) is 0 Å². The molecule has 20 heavy (non-hydrogen) atoms. The van der Waals surface area contributed by atoms with Gasteiger partial charge in [0.05, 0.1) is 15.2 Å². The first-order chi connectivity index (χ1) is 9.36. The van der Waals surface area contributed by atoms with Crippen molar-refractivity contribution in [2.24, 2.45) is 5.92 Å². The molecule has 3 nitrogen and oxygen atoms in total. The van der Waals surface area contributed by atoms with Crippen LogP contribution in [0.3, 0.4) is 0 Å². The van der Waals surface area contributed by atoms with Crippen molar-refractivity contribution >= 4 is 21.4 Å². The van der Waals surface area contributed by atoms with Gasteiger partial charge in [0, 0.05) is 6.04 Å². The molecule has 0 spiro atoms. The summed E-state index contributed by atoms with van der Waals surface area (Å²) in [6.45, 7) is 2.06. The number of benzene rings is 1. The molecule has 1 aromatic rings. The Balaban J connectivity index is 2.39. The number of rotatable bonds is 3. The zero-order chi connectivity index (χ0) is 14.9. The molecule has 3 atom stereocenters. The zero-order valence-electron chi connectivity index (χ0n) is 11.6. The largest absolute Gasteiger partial charge is 0.316 e. The smallest absolute Gasteiger partial charge is 0.182 e. The summed E-state index contributed by atoms with van der Waals surface area (Å²) in [7, 11) is -1.73. The van der Waals surface area contributed by atoms with E-state index < -0.39 is 20.9 Å². The summed E-state index contributed by atoms with van der Waals surface area (Å²) in [4.78, 5) is 0.100. The molecule has 1 aliphatic carbocycles. The number of hydrogen-bond acceptors (Lipinski definition) is 3. The third-order valence-electron chi connectivity index (χ3n) is 4.04. The number of hydrogen-bond donors (Lipinski definition) is 1. The van der Waals surface area contributed by atoms with Crippen molar-refractivity contribution in [2.45, 2.75) is 42.4 Å². The summed E-state index contributed by atoms with van der Waals surface area (Å²) in [5.74, 6) is -0.233. The second kappa shape index (κ2) is 6.00. The molecule has 0 heterocycles. The molecule has 0 saturated heterocycles. The summed E-state index contributed by atoms with van der Waals surface area (Å²) < 4.78 is 38.7. The maximum absolute atomic E-state index is 13.2. The van der Waals surface area contributed by atoms with E-state index in [1.165, 1.54) is 12.1 Å². The SMILES string of the molecule is CNC1CCC(C)CC1S(=O)(=O)c1ccc(F)c(Cl)c1. The second-order valence-electron chi connectivity index (χ2n) is 5.47. The number of sulfone groups is 1. The average Bonchev–Trinajstić information content (AvgIpc) is 2.41. The van der Waals surface area contributed by atoms with Crippen LogP contribution in [-0.2, 0) is 9.84 Å². The lowest BCUT2D eigenvalue weighted by molar-refractivity contribution is 0.319. The van der Waals surface area contributed by atoms with Crippen LogP contribution in [0, 0.1) is 11.7 Å². The fourth-order valence-corrected chi connectivity index (χ4v) is 5.25. The molecule has 0 aromatic heterocycles. The third-order valence-corrected chi connectivity index (χ3v) is 6.56. The maximum atomic E-state index is 13.2. The molecule has 6 heteroatoms. The van der Waals surface area contributed by atoms with Crippen LogP contribution < -0.4 is 5.32 Å². The highest BCUT2D eigenvalue weighted by Crippen LogP contribution is 2.33. The maximum Gasteiger partial charge on any atom is 0.182 e. The molecule has 0 aliphatic heterocycles. The molecule has 3 unspecified atom stereocenters. The van der Waals surface area contributed by atoms with Gasteiger partial charge in [-0.05, 0) is 50.4 Å². The van der Waals surface area contributed by atoms with E-state index in [0.29, 0.717) is 12.3 Å². The van der Waals surface area contributed by atoms with E-state index in [2.05, 4.69) is 12.2 Å². The molecule has 112 valence electrons. The van der Waals surface area contributed by atoms with Crippen LogP contribution in [-0.4, -0.2) is 26.8 Å². The van der Waals surface area contributed by atoms with Crippen molar-refractivity contribution in [3.63, 3.8) is 0 Å². The van der Waals surface area contributed by atoms with Crippen LogP contribution in [0.25, 0.3) is 0 Å². The minimum Gasteiger partial charge on any atom is -0.316 e. The lowest BCUT2D eigenvalue weighted by Crippen LogP contribution is -2.46. The molecule has 1 fully saturated rings. The normalized spacial score (nSPS) is 27.5. The molecular formula is C14H19ClFNO2S. The monoisotopic (exact) mass is 319 g/mol. The van der Waals surface area contributed by atoms with Gasteiger partial charge in [0.1, 0.15) is 5.82 Å². The predicted octanol–water partition coefficient (Wildman–Crippen LogP) is 3.03. The molecule has 0 bridgehead atoms. The standard InChI is InChI=1S/C14H19ClFNO2S/c1-9-3-6-13(17-2)14(7-9)20(18,19)10-4-5-12(16)11(15)8-10/h4-5,8-9,13-14,17H,3,6-7H2,1-2H3. The molecule has 0 radical (unpaired) electrons. The third kappa shape index (κ3) is 3.00. The second-order valence-corrected chi connectivity index (χ2v) is 8.05. The minimum absolute atomic E-state index is 0.0694. The van der Waals surface area contributed by atoms with Crippen LogP contribution in [0.2, 0.25) is 5.02 Å². The Bertz CT molecular complexity index is 591. The molecule has 2 rings (SSSR count). The highest BCUT2D eigenvalue weighted by atomic mass is 35.5. The van der Waals surface area contributed by atoms with Gasteiger partial charge >= 0.3 is 0 Å². The van der Waals surface area contributed by atoms with Crippen molar-refractivity contribution in [3.05, 3.63) is 29.0 Å². The van der Waals surface area contributed by atoms with Gasteiger partial charge in [-0.2, -0.15) is 0 Å². The van der Waals surface area contributed by atoms with Gasteiger partial charge in [-0.15, -0.1) is 0 Å². The van der Waals surface area contributed by atoms with Crippen LogP contribution in [0.15, 0.2) is 23.1 Å². The quantitative estimate of drug-likeness (QED) is 0.871. The Morgan fingerprint density at radius 2 is 2.05 bits per heavy atom. The van der Waals surface area contributed by atoms with Gasteiger partial charge in [-0.3, -0.25) is 0 Å². The Labute approximate surface area is 124 Å². The average molecular weight is 320 g/mol. The van der Waals surface area contributed by atoms with Gasteiger partial charge in [0.15, 0.2) is 9.84 Å². The number of halogens is 2. The summed E-state index contributed by atoms with van der Waals surface area (Å²) in [5, 5.41) is 2.45. The molecule has 1 saturated carbocycles. The fraction of sp³-hybridized carbons (Fsp3) is 0.571. The fourth-order valence-electron chi connectivity index (χ4n) is 2.83. The molecule has 0 amide bonds. The van der Waals surface area contributed by atoms with Crippen LogP contribution in [0.1, 0.15) is 26.2 Å². The zero-order valence-corrected chi connectivity index (χ0v) is 13.1. The van der Waals surface area contributed by atoms with Crippen molar-refractivity contribution < 1.29 is 12.8 Å². The van der Waals surface area contributed by atoms with Crippen LogP contribution in [0.5, 0.6) is 0 Å². The first-order valence-corrected chi connectivity index (χ1v) is 8.65. The van der Waals surface area contributed by atoms with Crippen molar-refractivity contribution in [2.75, 3.05) is 7.05 Å². The van der Waals surface area contributed by atoms with E-state index in [1.807, 2.05) is 0 Å². The first kappa shape index (κ1) is 15.7. The van der Waals surface area contributed by atoms with Crippen LogP contribution in [0.4, 0.5) is 4.39 Å². The molecule has 1 aromatic carbocycles. The van der Waals surface area contributed by atoms with Gasteiger partial charge in [0.25, 0.3) is 0 Å². The van der Waals surface area contributed by atoms with E-state index in [0.717, 1.165) is 18.9 Å². The molecule has 1 aliphatic rings. The van der Waals surface area contributed by atoms with E-state index in [4.69, 9.17) is 11.6 Å². The van der Waals surface area contributed by atoms with E-state index in [1.54, 1.807) is 7.05 Å². The molecular weight excluding hydrogens is 301 g/mol. The lowest BCUT2D eigenvalue weighted by Gasteiger charge is -2.34. The summed E-state index contributed by atoms with van der Waals surface area (Å²) in [5.41, 5.74) is 0. The number of nitrogens with one attached hydrogen (secondary N) is 1. The predicted molar refractivity (Wildman–Crippen MR) is 78.2 cm³/mol. The van der Waals surface area contributed by atoms with Gasteiger partial charge in [-0.1, -0.05) is 18.5 Å². The van der Waals surface area contributed by atoms with E-state index in [9.17, 15) is 12.8 Å². The Morgan fingerprint density at radius 3 is 2.65 bits per heavy atom. The van der Waals surface area contributed by atoms with Crippen LogP contribution >= 0.6 is 11.6 Å². The van der Waals surface area contributed by atoms with Crippen molar-refractivity contribution in [1.29, 1.82) is 0 Å². The van der Waals surface area contributed by atoms with E-state index >= 15 is 0 Å². The molecule has 1 N–H and O–H groups in total. The van der Waals surface area contributed by atoms with Crippen molar-refractivity contribution in [3.8, 4) is 0 Å². The summed E-state index contributed by atoms with van der Waals surface area (Å²) in [6.07, 6.45) is 2.46. The highest BCUT2D eigenvalue weighted by Gasteiger charge is 2.38. The summed E-state index contributed by atoms with van der Waals surface area (Å²) >= 11 is 5.70. The first-order valence-electron chi connectivity index (χ1n) is 6.72. The Kier molecular flexibility index (Phi) is 4.72.